The van der Waals surface area contributed by atoms with Crippen molar-refractivity contribution in [1.82, 2.24) is 5.32 Å². The van der Waals surface area contributed by atoms with Gasteiger partial charge in [0.25, 0.3) is 0 Å². The van der Waals surface area contributed by atoms with Crippen LogP contribution in [0.2, 0.25) is 5.02 Å². The first-order valence-corrected chi connectivity index (χ1v) is 8.26. The van der Waals surface area contributed by atoms with E-state index in [1.807, 2.05) is 0 Å². The Hall–Kier alpha value is -1.76. The van der Waals surface area contributed by atoms with Crippen molar-refractivity contribution in [3.63, 3.8) is 0 Å². The molecule has 0 fully saturated rings. The van der Waals surface area contributed by atoms with Crippen LogP contribution in [0.15, 0.2) is 42.5 Å². The molecule has 25 heavy (non-hydrogen) atoms. The lowest BCUT2D eigenvalue weighted by molar-refractivity contribution is -0.137. The number of benzene rings is 2. The molecule has 0 bridgehead atoms. The minimum Gasteiger partial charge on any atom is -0.492 e. The number of hydrogen-bond acceptors (Lipinski definition) is 3. The highest BCUT2D eigenvalue weighted by Gasteiger charge is 2.30. The van der Waals surface area contributed by atoms with E-state index in [9.17, 15) is 13.2 Å². The Morgan fingerprint density at radius 1 is 1.08 bits per heavy atom. The summed E-state index contributed by atoms with van der Waals surface area (Å²) in [6, 6.07) is 10.4. The summed E-state index contributed by atoms with van der Waals surface area (Å²) in [7, 11) is 0. The highest BCUT2D eigenvalue weighted by molar-refractivity contribution is 6.30. The first-order chi connectivity index (χ1) is 11.9. The van der Waals surface area contributed by atoms with E-state index in [1.165, 1.54) is 6.07 Å². The van der Waals surface area contributed by atoms with Gasteiger partial charge in [-0.25, -0.2) is 0 Å². The van der Waals surface area contributed by atoms with Crippen molar-refractivity contribution in [1.29, 1.82) is 0 Å². The van der Waals surface area contributed by atoms with Crippen LogP contribution in [0.3, 0.4) is 0 Å². The van der Waals surface area contributed by atoms with Crippen molar-refractivity contribution >= 4 is 11.6 Å². The van der Waals surface area contributed by atoms with Gasteiger partial charge in [-0.3, -0.25) is 0 Å². The van der Waals surface area contributed by atoms with Crippen LogP contribution >= 0.6 is 11.6 Å². The molecule has 2 rings (SSSR count). The lowest BCUT2D eigenvalue weighted by atomic mass is 10.0. The molecule has 0 amide bonds. The van der Waals surface area contributed by atoms with E-state index in [-0.39, 0.29) is 0 Å². The maximum Gasteiger partial charge on any atom is 0.416 e. The average Bonchev–Trinajstić information content (AvgIpc) is 2.56. The maximum atomic E-state index is 12.9. The Morgan fingerprint density at radius 3 is 2.60 bits per heavy atom. The third-order valence-electron chi connectivity index (χ3n) is 3.53. The molecule has 0 aliphatic heterocycles. The van der Waals surface area contributed by atoms with Crippen molar-refractivity contribution in [2.45, 2.75) is 12.6 Å². The van der Waals surface area contributed by atoms with E-state index >= 15 is 0 Å². The molecule has 0 saturated carbocycles. The predicted molar refractivity (Wildman–Crippen MR) is 93.1 cm³/mol. The van der Waals surface area contributed by atoms with E-state index in [0.717, 1.165) is 17.7 Å². The van der Waals surface area contributed by atoms with Gasteiger partial charge in [-0.2, -0.15) is 13.2 Å². The van der Waals surface area contributed by atoms with E-state index in [2.05, 4.69) is 5.32 Å². The van der Waals surface area contributed by atoms with Crippen molar-refractivity contribution in [2.75, 3.05) is 26.2 Å². The molecule has 0 atom stereocenters. The minimum atomic E-state index is -4.36. The van der Waals surface area contributed by atoms with Crippen LogP contribution in [0.5, 0.6) is 5.75 Å². The van der Waals surface area contributed by atoms with Crippen molar-refractivity contribution < 1.29 is 17.9 Å². The summed E-state index contributed by atoms with van der Waals surface area (Å²) in [5.41, 5.74) is 6.01. The topological polar surface area (TPSA) is 47.3 Å². The SMILES string of the molecule is NCCNCCOc1ccc(Cl)cc1Cc1cccc(C(F)(F)F)c1. The van der Waals surface area contributed by atoms with E-state index in [1.54, 1.807) is 24.3 Å². The van der Waals surface area contributed by atoms with Gasteiger partial charge in [-0.15, -0.1) is 0 Å². The predicted octanol–water partition coefficient (Wildman–Crippen LogP) is 3.88. The molecular formula is C18H20ClF3N2O. The molecule has 0 aromatic heterocycles. The Bertz CT molecular complexity index is 692. The molecule has 0 heterocycles. The number of hydrogen-bond donors (Lipinski definition) is 2. The summed E-state index contributed by atoms with van der Waals surface area (Å²) < 4.78 is 44.3. The normalized spacial score (nSPS) is 11.6. The van der Waals surface area contributed by atoms with Crippen molar-refractivity contribution in [3.8, 4) is 5.75 Å². The van der Waals surface area contributed by atoms with Crippen LogP contribution in [0, 0.1) is 0 Å². The number of ether oxygens (including phenoxy) is 1. The van der Waals surface area contributed by atoms with Gasteiger partial charge in [0.1, 0.15) is 12.4 Å². The summed E-state index contributed by atoms with van der Waals surface area (Å²) >= 11 is 6.03. The summed E-state index contributed by atoms with van der Waals surface area (Å²) in [4.78, 5) is 0. The zero-order valence-electron chi connectivity index (χ0n) is 13.6. The molecule has 3 nitrogen and oxygen atoms in total. The van der Waals surface area contributed by atoms with Crippen molar-refractivity contribution in [2.24, 2.45) is 5.73 Å². The highest BCUT2D eigenvalue weighted by atomic mass is 35.5. The fourth-order valence-electron chi connectivity index (χ4n) is 2.36. The van der Waals surface area contributed by atoms with Crippen LogP contribution in [0.1, 0.15) is 16.7 Å². The van der Waals surface area contributed by atoms with Gasteiger partial charge >= 0.3 is 6.18 Å². The fourth-order valence-corrected chi connectivity index (χ4v) is 2.56. The third kappa shape index (κ3) is 6.23. The lowest BCUT2D eigenvalue weighted by Crippen LogP contribution is -2.26. The molecule has 3 N–H and O–H groups in total. The Balaban J connectivity index is 2.11. The van der Waals surface area contributed by atoms with Gasteiger partial charge in [-0.05, 0) is 35.4 Å². The van der Waals surface area contributed by atoms with Gasteiger partial charge in [0, 0.05) is 31.1 Å². The Morgan fingerprint density at radius 2 is 1.88 bits per heavy atom. The van der Waals surface area contributed by atoms with Gasteiger partial charge < -0.3 is 15.8 Å². The van der Waals surface area contributed by atoms with Crippen LogP contribution in [-0.4, -0.2) is 26.2 Å². The minimum absolute atomic E-state index is 0.302. The molecule has 7 heteroatoms. The van der Waals surface area contributed by atoms with Crippen LogP contribution in [0.25, 0.3) is 0 Å². The monoisotopic (exact) mass is 372 g/mol. The molecule has 0 saturated heterocycles. The molecular weight excluding hydrogens is 353 g/mol. The number of nitrogens with one attached hydrogen (secondary N) is 1. The van der Waals surface area contributed by atoms with E-state index in [0.29, 0.717) is 49.0 Å². The number of alkyl halides is 3. The molecule has 2 aromatic carbocycles. The van der Waals surface area contributed by atoms with E-state index in [4.69, 9.17) is 22.1 Å². The number of nitrogens with two attached hydrogens (primary N) is 1. The maximum absolute atomic E-state index is 12.9. The highest BCUT2D eigenvalue weighted by Crippen LogP contribution is 2.31. The molecule has 136 valence electrons. The van der Waals surface area contributed by atoms with Crippen LogP contribution in [0.4, 0.5) is 13.2 Å². The van der Waals surface area contributed by atoms with Gasteiger partial charge in [0.05, 0.1) is 5.56 Å². The first-order valence-electron chi connectivity index (χ1n) is 7.88. The second-order valence-electron chi connectivity index (χ2n) is 5.51. The summed E-state index contributed by atoms with van der Waals surface area (Å²) in [6.07, 6.45) is -4.06. The third-order valence-corrected chi connectivity index (χ3v) is 3.76. The fraction of sp³-hybridized carbons (Fsp3) is 0.333. The Kier molecular flexibility index (Phi) is 7.11. The lowest BCUT2D eigenvalue weighted by Gasteiger charge is -2.14. The first kappa shape index (κ1) is 19.6. The molecule has 0 unspecified atom stereocenters. The van der Waals surface area contributed by atoms with E-state index < -0.39 is 11.7 Å². The largest absolute Gasteiger partial charge is 0.492 e. The zero-order valence-corrected chi connectivity index (χ0v) is 14.3. The quantitative estimate of drug-likeness (QED) is 0.691. The Labute approximate surface area is 149 Å². The summed E-state index contributed by atoms with van der Waals surface area (Å²) in [6.45, 7) is 2.29. The summed E-state index contributed by atoms with van der Waals surface area (Å²) in [5.74, 6) is 0.608. The summed E-state index contributed by atoms with van der Waals surface area (Å²) in [5, 5.41) is 3.62. The second-order valence-corrected chi connectivity index (χ2v) is 5.95. The number of rotatable bonds is 8. The smallest absolute Gasteiger partial charge is 0.416 e. The molecule has 0 aliphatic carbocycles. The second kappa shape index (κ2) is 9.08. The van der Waals surface area contributed by atoms with Gasteiger partial charge in [0.2, 0.25) is 0 Å². The van der Waals surface area contributed by atoms with Crippen LogP contribution in [-0.2, 0) is 12.6 Å². The van der Waals surface area contributed by atoms with Crippen molar-refractivity contribution in [3.05, 3.63) is 64.2 Å². The van der Waals surface area contributed by atoms with Gasteiger partial charge in [-0.1, -0.05) is 29.8 Å². The van der Waals surface area contributed by atoms with Crippen LogP contribution < -0.4 is 15.8 Å². The standard InChI is InChI=1S/C18H20ClF3N2O/c19-16-4-5-17(25-9-8-24-7-6-23)14(12-16)10-13-2-1-3-15(11-13)18(20,21)22/h1-5,11-12,24H,6-10,23H2. The molecule has 2 aromatic rings. The average molecular weight is 373 g/mol. The van der Waals surface area contributed by atoms with Gasteiger partial charge in [0.15, 0.2) is 0 Å². The molecule has 0 radical (unpaired) electrons. The molecule has 0 spiro atoms. The number of halogens is 4. The molecule has 0 aliphatic rings. The zero-order chi connectivity index (χ0) is 18.3.